The van der Waals surface area contributed by atoms with Crippen LogP contribution in [0.5, 0.6) is 0 Å². The number of imidazole rings is 1. The third kappa shape index (κ3) is 2.88. The molecule has 0 radical (unpaired) electrons. The molecule has 0 unspecified atom stereocenters. The van der Waals surface area contributed by atoms with E-state index >= 15 is 0 Å². The van der Waals surface area contributed by atoms with Gasteiger partial charge in [0.2, 0.25) is 0 Å². The van der Waals surface area contributed by atoms with Crippen molar-refractivity contribution in [2.75, 3.05) is 6.26 Å². The van der Waals surface area contributed by atoms with Crippen molar-refractivity contribution in [2.24, 2.45) is 0 Å². The Morgan fingerprint density at radius 1 is 1.38 bits per heavy atom. The fourth-order valence-corrected chi connectivity index (χ4v) is 3.41. The number of nitrogens with zero attached hydrogens (tertiary/aromatic N) is 2. The highest BCUT2D eigenvalue weighted by atomic mass is 32.2. The summed E-state index contributed by atoms with van der Waals surface area (Å²) < 4.78 is 24.9. The number of hydrogen-bond donors (Lipinski definition) is 0. The molecule has 2 heterocycles. The SMILES string of the molecule is CS(=O)(=O)c1cccc(C(=O)Cc2cn3ccsc3n2)c1. The number of sulfone groups is 1. The third-order valence-electron chi connectivity index (χ3n) is 3.07. The molecule has 0 aliphatic rings. The van der Waals surface area contributed by atoms with Crippen molar-refractivity contribution in [3.8, 4) is 0 Å². The van der Waals surface area contributed by atoms with Gasteiger partial charge < -0.3 is 0 Å². The molecule has 0 N–H and O–H groups in total. The number of carbonyl (C=O) groups is 1. The molecule has 0 aliphatic carbocycles. The number of fused-ring (bicyclic) bond motifs is 1. The van der Waals surface area contributed by atoms with E-state index in [2.05, 4.69) is 4.98 Å². The van der Waals surface area contributed by atoms with E-state index in [0.29, 0.717) is 11.3 Å². The Morgan fingerprint density at radius 3 is 2.90 bits per heavy atom. The highest BCUT2D eigenvalue weighted by Crippen LogP contribution is 2.15. The molecule has 0 saturated carbocycles. The highest BCUT2D eigenvalue weighted by Gasteiger charge is 2.14. The summed E-state index contributed by atoms with van der Waals surface area (Å²) in [6.45, 7) is 0. The maximum absolute atomic E-state index is 12.3. The number of thiazole rings is 1. The van der Waals surface area contributed by atoms with Crippen molar-refractivity contribution in [3.05, 3.63) is 53.3 Å². The summed E-state index contributed by atoms with van der Waals surface area (Å²) in [7, 11) is -3.31. The number of rotatable bonds is 4. The van der Waals surface area contributed by atoms with E-state index < -0.39 is 9.84 Å². The number of carbonyl (C=O) groups excluding carboxylic acids is 1. The number of aromatic nitrogens is 2. The molecule has 0 amide bonds. The topological polar surface area (TPSA) is 68.5 Å². The van der Waals surface area contributed by atoms with Crippen LogP contribution < -0.4 is 0 Å². The van der Waals surface area contributed by atoms with Crippen molar-refractivity contribution in [3.63, 3.8) is 0 Å². The van der Waals surface area contributed by atoms with Gasteiger partial charge in [-0.25, -0.2) is 13.4 Å². The number of Topliss-reactive ketones (excluding diaryl/α,β-unsaturated/α-hetero) is 1. The van der Waals surface area contributed by atoms with Gasteiger partial charge in [0.25, 0.3) is 0 Å². The Bertz CT molecular complexity index is 894. The molecule has 3 rings (SSSR count). The van der Waals surface area contributed by atoms with E-state index in [1.165, 1.54) is 23.5 Å². The molecule has 0 spiro atoms. The molecule has 7 heteroatoms. The fraction of sp³-hybridized carbons (Fsp3) is 0.143. The van der Waals surface area contributed by atoms with Crippen molar-refractivity contribution in [1.29, 1.82) is 0 Å². The molecular weight excluding hydrogens is 308 g/mol. The van der Waals surface area contributed by atoms with E-state index in [9.17, 15) is 13.2 Å². The van der Waals surface area contributed by atoms with E-state index in [4.69, 9.17) is 0 Å². The molecule has 3 aromatic rings. The van der Waals surface area contributed by atoms with E-state index in [0.717, 1.165) is 11.2 Å². The molecule has 0 saturated heterocycles. The molecule has 0 fully saturated rings. The second-order valence-electron chi connectivity index (χ2n) is 4.73. The summed E-state index contributed by atoms with van der Waals surface area (Å²) in [5.74, 6) is -0.147. The molecule has 5 nitrogen and oxygen atoms in total. The summed E-state index contributed by atoms with van der Waals surface area (Å²) in [5, 5.41) is 1.92. The van der Waals surface area contributed by atoms with Gasteiger partial charge in [0, 0.05) is 29.6 Å². The van der Waals surface area contributed by atoms with Crippen LogP contribution in [0.4, 0.5) is 0 Å². The monoisotopic (exact) mass is 320 g/mol. The minimum atomic E-state index is -3.31. The van der Waals surface area contributed by atoms with Crippen LogP contribution in [0.3, 0.4) is 0 Å². The molecule has 0 aliphatic heterocycles. The van der Waals surface area contributed by atoms with Gasteiger partial charge in [0.15, 0.2) is 20.6 Å². The maximum Gasteiger partial charge on any atom is 0.193 e. The van der Waals surface area contributed by atoms with Crippen LogP contribution in [-0.4, -0.2) is 29.8 Å². The zero-order valence-electron chi connectivity index (χ0n) is 11.2. The standard InChI is InChI=1S/C14H12N2O3S2/c1-21(18,19)12-4-2-3-10(7-12)13(17)8-11-9-16-5-6-20-14(16)15-11/h2-7,9H,8H2,1H3. The Morgan fingerprint density at radius 2 is 2.19 bits per heavy atom. The van der Waals surface area contributed by atoms with Gasteiger partial charge in [-0.05, 0) is 12.1 Å². The Balaban J connectivity index is 1.87. The van der Waals surface area contributed by atoms with Gasteiger partial charge >= 0.3 is 0 Å². The van der Waals surface area contributed by atoms with Crippen molar-refractivity contribution in [2.45, 2.75) is 11.3 Å². The van der Waals surface area contributed by atoms with Crippen molar-refractivity contribution < 1.29 is 13.2 Å². The minimum absolute atomic E-state index is 0.147. The average molecular weight is 320 g/mol. The van der Waals surface area contributed by atoms with Gasteiger partial charge in [0.05, 0.1) is 17.0 Å². The lowest BCUT2D eigenvalue weighted by molar-refractivity contribution is 0.0992. The van der Waals surface area contributed by atoms with Gasteiger partial charge in [-0.1, -0.05) is 12.1 Å². The van der Waals surface area contributed by atoms with Crippen LogP contribution in [0.2, 0.25) is 0 Å². The third-order valence-corrected chi connectivity index (χ3v) is 4.95. The first-order chi connectivity index (χ1) is 9.93. The molecule has 108 valence electrons. The summed E-state index contributed by atoms with van der Waals surface area (Å²) in [5.41, 5.74) is 1.06. The Kier molecular flexibility index (Phi) is 3.38. The van der Waals surface area contributed by atoms with Crippen LogP contribution >= 0.6 is 11.3 Å². The summed E-state index contributed by atoms with van der Waals surface area (Å²) in [6.07, 6.45) is 4.97. The lowest BCUT2D eigenvalue weighted by Crippen LogP contribution is -2.06. The Labute approximate surface area is 125 Å². The van der Waals surface area contributed by atoms with Crippen LogP contribution in [0.25, 0.3) is 4.96 Å². The number of hydrogen-bond acceptors (Lipinski definition) is 5. The number of ketones is 1. The normalized spacial score (nSPS) is 11.9. The van der Waals surface area contributed by atoms with Crippen molar-refractivity contribution in [1.82, 2.24) is 9.38 Å². The lowest BCUT2D eigenvalue weighted by atomic mass is 10.1. The molecule has 0 bridgehead atoms. The predicted octanol–water partition coefficient (Wildman–Crippen LogP) is 2.22. The number of benzene rings is 1. The summed E-state index contributed by atoms with van der Waals surface area (Å²) in [4.78, 5) is 17.6. The molecule has 1 aromatic carbocycles. The first-order valence-corrected chi connectivity index (χ1v) is 8.95. The van der Waals surface area contributed by atoms with Crippen LogP contribution in [-0.2, 0) is 16.3 Å². The molecular formula is C14H12N2O3S2. The van der Waals surface area contributed by atoms with Crippen LogP contribution in [0.1, 0.15) is 16.1 Å². The van der Waals surface area contributed by atoms with Crippen LogP contribution in [0, 0.1) is 0 Å². The van der Waals surface area contributed by atoms with E-state index in [-0.39, 0.29) is 17.1 Å². The van der Waals surface area contributed by atoms with Gasteiger partial charge in [-0.15, -0.1) is 11.3 Å². The highest BCUT2D eigenvalue weighted by molar-refractivity contribution is 7.90. The average Bonchev–Trinajstić information content (AvgIpc) is 2.98. The summed E-state index contributed by atoms with van der Waals surface area (Å²) in [6, 6.07) is 6.10. The van der Waals surface area contributed by atoms with Crippen LogP contribution in [0.15, 0.2) is 46.9 Å². The second kappa shape index (κ2) is 5.09. The van der Waals surface area contributed by atoms with Gasteiger partial charge in [0.1, 0.15) is 0 Å². The van der Waals surface area contributed by atoms with Crippen molar-refractivity contribution >= 4 is 31.9 Å². The van der Waals surface area contributed by atoms with E-state index in [1.807, 2.05) is 22.2 Å². The molecule has 21 heavy (non-hydrogen) atoms. The van der Waals surface area contributed by atoms with E-state index in [1.54, 1.807) is 12.1 Å². The molecule has 2 aromatic heterocycles. The smallest absolute Gasteiger partial charge is 0.193 e. The van der Waals surface area contributed by atoms with Gasteiger partial charge in [-0.2, -0.15) is 0 Å². The summed E-state index contributed by atoms with van der Waals surface area (Å²) >= 11 is 1.50. The molecule has 0 atom stereocenters. The zero-order valence-corrected chi connectivity index (χ0v) is 12.8. The first kappa shape index (κ1) is 14.0. The zero-order chi connectivity index (χ0) is 15.0. The first-order valence-electron chi connectivity index (χ1n) is 6.18. The Hall–Kier alpha value is -1.99. The minimum Gasteiger partial charge on any atom is -0.297 e. The second-order valence-corrected chi connectivity index (χ2v) is 7.61. The largest absolute Gasteiger partial charge is 0.297 e. The maximum atomic E-state index is 12.3. The van der Waals surface area contributed by atoms with Gasteiger partial charge in [-0.3, -0.25) is 9.20 Å². The quantitative estimate of drug-likeness (QED) is 0.691. The lowest BCUT2D eigenvalue weighted by Gasteiger charge is -2.02. The predicted molar refractivity (Wildman–Crippen MR) is 80.7 cm³/mol. The fourth-order valence-electron chi connectivity index (χ4n) is 2.03.